The van der Waals surface area contributed by atoms with Crippen LogP contribution in [0.25, 0.3) is 0 Å². The molecule has 1 heterocycles. The molecule has 1 aromatic heterocycles. The first kappa shape index (κ1) is 15.1. The number of carboxylic acid groups (broad SMARTS) is 1. The largest absolute Gasteiger partial charge is 0.481 e. The maximum atomic E-state index is 11.9. The monoisotopic (exact) mass is 294 g/mol. The van der Waals surface area contributed by atoms with Gasteiger partial charge in [0.25, 0.3) is 5.91 Å². The van der Waals surface area contributed by atoms with Crippen LogP contribution in [-0.4, -0.2) is 47.4 Å². The molecule has 0 unspecified atom stereocenters. The van der Waals surface area contributed by atoms with Gasteiger partial charge in [-0.25, -0.2) is 0 Å². The van der Waals surface area contributed by atoms with Crippen molar-refractivity contribution in [3.8, 4) is 0 Å². The Morgan fingerprint density at radius 3 is 2.76 bits per heavy atom. The summed E-state index contributed by atoms with van der Waals surface area (Å²) in [4.78, 5) is 35.9. The molecule has 0 aromatic carbocycles. The highest BCUT2D eigenvalue weighted by Crippen LogP contribution is 2.25. The van der Waals surface area contributed by atoms with Crippen molar-refractivity contribution >= 4 is 17.8 Å². The number of carbonyl (C=O) groups excluding carboxylic acids is 2. The number of hydrogen-bond donors (Lipinski definition) is 2. The predicted molar refractivity (Wildman–Crippen MR) is 72.6 cm³/mol. The lowest BCUT2D eigenvalue weighted by atomic mass is 10.1. The topological polar surface area (TPSA) is 99.9 Å². The van der Waals surface area contributed by atoms with Crippen LogP contribution in [0.5, 0.6) is 0 Å². The molecule has 2 N–H and O–H groups in total. The van der Waals surface area contributed by atoms with Gasteiger partial charge in [0, 0.05) is 13.1 Å². The standard InChI is InChI=1S/C14H18N2O5/c1-16(13(18)11-3-2-6-21-11)8-12(17)15-10-5-4-9(7-10)14(19)20/h2-3,6,9-10H,4-5,7-8H2,1H3,(H,15,17)(H,19,20)/t9-,10+/m1/s1. The Kier molecular flexibility index (Phi) is 4.62. The lowest BCUT2D eigenvalue weighted by Crippen LogP contribution is -2.42. The summed E-state index contributed by atoms with van der Waals surface area (Å²) in [5.74, 6) is -1.70. The second kappa shape index (κ2) is 6.43. The average molecular weight is 294 g/mol. The second-order valence-electron chi connectivity index (χ2n) is 5.25. The molecule has 1 fully saturated rings. The SMILES string of the molecule is CN(CC(=O)N[C@H]1CC[C@@H](C(=O)O)C1)C(=O)c1ccco1. The Balaban J connectivity index is 1.80. The predicted octanol–water partition coefficient (Wildman–Crippen LogP) is 0.721. The lowest BCUT2D eigenvalue weighted by molar-refractivity contribution is -0.141. The molecule has 2 amide bonds. The number of amides is 2. The van der Waals surface area contributed by atoms with Crippen molar-refractivity contribution in [2.45, 2.75) is 25.3 Å². The molecule has 21 heavy (non-hydrogen) atoms. The van der Waals surface area contributed by atoms with Crippen LogP contribution in [0.3, 0.4) is 0 Å². The quantitative estimate of drug-likeness (QED) is 0.833. The summed E-state index contributed by atoms with van der Waals surface area (Å²) in [6.07, 6.45) is 3.06. The fourth-order valence-corrected chi connectivity index (χ4v) is 2.49. The van der Waals surface area contributed by atoms with E-state index in [1.54, 1.807) is 6.07 Å². The molecule has 2 rings (SSSR count). The fraction of sp³-hybridized carbons (Fsp3) is 0.500. The molecule has 1 aromatic rings. The van der Waals surface area contributed by atoms with E-state index < -0.39 is 11.9 Å². The molecule has 0 spiro atoms. The van der Waals surface area contributed by atoms with E-state index in [1.165, 1.54) is 24.3 Å². The second-order valence-corrected chi connectivity index (χ2v) is 5.25. The minimum absolute atomic E-state index is 0.0895. The Morgan fingerprint density at radius 2 is 2.19 bits per heavy atom. The highest BCUT2D eigenvalue weighted by atomic mass is 16.4. The summed E-state index contributed by atoms with van der Waals surface area (Å²) in [5, 5.41) is 11.7. The number of carboxylic acids is 1. The molecule has 2 atom stereocenters. The molecule has 0 bridgehead atoms. The number of nitrogens with one attached hydrogen (secondary N) is 1. The third-order valence-electron chi connectivity index (χ3n) is 3.61. The van der Waals surface area contributed by atoms with E-state index in [0.717, 1.165) is 0 Å². The van der Waals surface area contributed by atoms with Crippen LogP contribution in [0.4, 0.5) is 0 Å². The third kappa shape index (κ3) is 3.84. The van der Waals surface area contributed by atoms with Gasteiger partial charge in [0.05, 0.1) is 18.7 Å². The van der Waals surface area contributed by atoms with Crippen molar-refractivity contribution in [3.63, 3.8) is 0 Å². The zero-order valence-corrected chi connectivity index (χ0v) is 11.7. The molecular weight excluding hydrogens is 276 g/mol. The lowest BCUT2D eigenvalue weighted by Gasteiger charge is -2.18. The molecule has 0 radical (unpaired) electrons. The minimum atomic E-state index is -0.822. The van der Waals surface area contributed by atoms with Gasteiger partial charge in [-0.05, 0) is 31.4 Å². The van der Waals surface area contributed by atoms with E-state index in [1.807, 2.05) is 0 Å². The van der Waals surface area contributed by atoms with Gasteiger partial charge in [0.1, 0.15) is 0 Å². The van der Waals surface area contributed by atoms with Gasteiger partial charge in [0.2, 0.25) is 5.91 Å². The fourth-order valence-electron chi connectivity index (χ4n) is 2.49. The Bertz CT molecular complexity index is 525. The minimum Gasteiger partial charge on any atom is -0.481 e. The third-order valence-corrected chi connectivity index (χ3v) is 3.61. The van der Waals surface area contributed by atoms with Gasteiger partial charge in [-0.1, -0.05) is 0 Å². The van der Waals surface area contributed by atoms with Gasteiger partial charge in [-0.2, -0.15) is 0 Å². The summed E-state index contributed by atoms with van der Waals surface area (Å²) >= 11 is 0. The molecule has 7 nitrogen and oxygen atoms in total. The van der Waals surface area contributed by atoms with Crippen molar-refractivity contribution < 1.29 is 23.9 Å². The number of aliphatic carboxylic acids is 1. The Labute approximate surface area is 121 Å². The van der Waals surface area contributed by atoms with Crippen LogP contribution in [0.2, 0.25) is 0 Å². The molecule has 1 aliphatic rings. The average Bonchev–Trinajstić information content (AvgIpc) is 3.08. The van der Waals surface area contributed by atoms with Gasteiger partial charge in [0.15, 0.2) is 5.76 Å². The smallest absolute Gasteiger partial charge is 0.306 e. The first-order valence-corrected chi connectivity index (χ1v) is 6.78. The van der Waals surface area contributed by atoms with Crippen LogP contribution in [0, 0.1) is 5.92 Å². The van der Waals surface area contributed by atoms with E-state index in [2.05, 4.69) is 5.32 Å². The van der Waals surface area contributed by atoms with Crippen LogP contribution < -0.4 is 5.32 Å². The Morgan fingerprint density at radius 1 is 1.43 bits per heavy atom. The number of carbonyl (C=O) groups is 3. The highest BCUT2D eigenvalue weighted by molar-refractivity contribution is 5.94. The van der Waals surface area contributed by atoms with Crippen LogP contribution >= 0.6 is 0 Å². The number of nitrogens with zero attached hydrogens (tertiary/aromatic N) is 1. The first-order valence-electron chi connectivity index (χ1n) is 6.78. The first-order chi connectivity index (χ1) is 9.97. The van der Waals surface area contributed by atoms with Crippen LogP contribution in [0.1, 0.15) is 29.8 Å². The van der Waals surface area contributed by atoms with Crippen molar-refractivity contribution in [2.75, 3.05) is 13.6 Å². The summed E-state index contributed by atoms with van der Waals surface area (Å²) in [5.41, 5.74) is 0. The van der Waals surface area contributed by atoms with Crippen molar-refractivity contribution in [1.82, 2.24) is 10.2 Å². The van der Waals surface area contributed by atoms with Gasteiger partial charge in [-0.3, -0.25) is 14.4 Å². The van der Waals surface area contributed by atoms with E-state index in [0.29, 0.717) is 19.3 Å². The summed E-state index contributed by atoms with van der Waals surface area (Å²) in [6, 6.07) is 3.00. The number of furan rings is 1. The highest BCUT2D eigenvalue weighted by Gasteiger charge is 2.30. The van der Waals surface area contributed by atoms with E-state index in [4.69, 9.17) is 9.52 Å². The molecular formula is C14H18N2O5. The molecule has 1 saturated carbocycles. The van der Waals surface area contributed by atoms with Crippen molar-refractivity contribution in [2.24, 2.45) is 5.92 Å². The number of rotatable bonds is 5. The molecule has 0 saturated heterocycles. The molecule has 1 aliphatic carbocycles. The van der Waals surface area contributed by atoms with Crippen LogP contribution in [0.15, 0.2) is 22.8 Å². The summed E-state index contributed by atoms with van der Waals surface area (Å²) < 4.78 is 4.98. The Hall–Kier alpha value is -2.31. The maximum absolute atomic E-state index is 11.9. The zero-order valence-electron chi connectivity index (χ0n) is 11.7. The zero-order chi connectivity index (χ0) is 15.4. The van der Waals surface area contributed by atoms with E-state index in [9.17, 15) is 14.4 Å². The molecule has 0 aliphatic heterocycles. The number of hydrogen-bond acceptors (Lipinski definition) is 4. The molecule has 7 heteroatoms. The summed E-state index contributed by atoms with van der Waals surface area (Å²) in [6.45, 7) is -0.0895. The van der Waals surface area contributed by atoms with Gasteiger partial charge in [-0.15, -0.1) is 0 Å². The molecule has 114 valence electrons. The van der Waals surface area contributed by atoms with Gasteiger partial charge < -0.3 is 19.7 Å². The van der Waals surface area contributed by atoms with Gasteiger partial charge >= 0.3 is 5.97 Å². The van der Waals surface area contributed by atoms with Crippen LogP contribution in [-0.2, 0) is 9.59 Å². The van der Waals surface area contributed by atoms with E-state index >= 15 is 0 Å². The van der Waals surface area contributed by atoms with Crippen molar-refractivity contribution in [1.29, 1.82) is 0 Å². The normalized spacial score (nSPS) is 21.0. The maximum Gasteiger partial charge on any atom is 0.306 e. The number of likely N-dealkylation sites (N-methyl/N-ethyl adjacent to an activating group) is 1. The van der Waals surface area contributed by atoms with E-state index in [-0.39, 0.29) is 30.2 Å². The van der Waals surface area contributed by atoms with Crippen molar-refractivity contribution in [3.05, 3.63) is 24.2 Å². The summed E-state index contributed by atoms with van der Waals surface area (Å²) in [7, 11) is 1.51.